The van der Waals surface area contributed by atoms with Crippen LogP contribution in [0.4, 0.5) is 5.69 Å². The van der Waals surface area contributed by atoms with Gasteiger partial charge in [0.15, 0.2) is 5.76 Å². The fourth-order valence-corrected chi connectivity index (χ4v) is 4.38. The number of rotatable bonds is 5. The number of piperidine rings is 1. The third-order valence-corrected chi connectivity index (χ3v) is 5.87. The molecule has 0 spiro atoms. The topological polar surface area (TPSA) is 48.7 Å². The lowest BCUT2D eigenvalue weighted by atomic mass is 9.95. The zero-order valence-corrected chi connectivity index (χ0v) is 16.1. The minimum absolute atomic E-state index is 0.139. The molecule has 1 saturated heterocycles. The third-order valence-electron chi connectivity index (χ3n) is 5.87. The van der Waals surface area contributed by atoms with Crippen LogP contribution in [0.5, 0.6) is 0 Å². The molecule has 0 saturated carbocycles. The number of anilines is 1. The maximum Gasteiger partial charge on any atom is 0.287 e. The molecule has 144 valence electrons. The number of hydrogen-bond acceptors (Lipinski definition) is 4. The van der Waals surface area contributed by atoms with E-state index < -0.39 is 0 Å². The van der Waals surface area contributed by atoms with Gasteiger partial charge < -0.3 is 14.6 Å². The molecular weight excluding hydrogens is 338 g/mol. The Labute approximate surface area is 161 Å². The first kappa shape index (κ1) is 18.1. The second-order valence-electron chi connectivity index (χ2n) is 7.71. The molecule has 1 N–H and O–H groups in total. The molecule has 0 radical (unpaired) electrons. The van der Waals surface area contributed by atoms with E-state index in [-0.39, 0.29) is 11.9 Å². The Bertz CT molecular complexity index is 766. The van der Waals surface area contributed by atoms with Crippen molar-refractivity contribution in [2.24, 2.45) is 0 Å². The Balaban J connectivity index is 1.55. The van der Waals surface area contributed by atoms with Crippen LogP contribution in [0.3, 0.4) is 0 Å². The van der Waals surface area contributed by atoms with Gasteiger partial charge in [0.05, 0.1) is 12.3 Å². The fourth-order valence-electron chi connectivity index (χ4n) is 4.38. The van der Waals surface area contributed by atoms with E-state index in [1.54, 1.807) is 12.1 Å². The number of furan rings is 1. The highest BCUT2D eigenvalue weighted by Gasteiger charge is 2.25. The van der Waals surface area contributed by atoms with Gasteiger partial charge >= 0.3 is 0 Å². The summed E-state index contributed by atoms with van der Waals surface area (Å²) in [5, 5.41) is 3.09. The minimum atomic E-state index is -0.139. The van der Waals surface area contributed by atoms with Crippen LogP contribution in [-0.4, -0.2) is 44.0 Å². The average Bonchev–Trinajstić information content (AvgIpc) is 3.24. The maximum atomic E-state index is 12.4. The molecule has 1 aromatic carbocycles. The predicted molar refractivity (Wildman–Crippen MR) is 107 cm³/mol. The smallest absolute Gasteiger partial charge is 0.287 e. The van der Waals surface area contributed by atoms with Crippen LogP contribution in [0, 0.1) is 0 Å². The quantitative estimate of drug-likeness (QED) is 0.877. The maximum absolute atomic E-state index is 12.4. The van der Waals surface area contributed by atoms with Gasteiger partial charge in [0.1, 0.15) is 0 Å². The van der Waals surface area contributed by atoms with Crippen LogP contribution in [0.2, 0.25) is 0 Å². The molecule has 1 fully saturated rings. The summed E-state index contributed by atoms with van der Waals surface area (Å²) in [6.07, 6.45) is 7.65. The summed E-state index contributed by atoms with van der Waals surface area (Å²) in [5.41, 5.74) is 4.09. The molecule has 5 heteroatoms. The molecule has 5 nitrogen and oxygen atoms in total. The highest BCUT2D eigenvalue weighted by atomic mass is 16.3. The summed E-state index contributed by atoms with van der Waals surface area (Å²) >= 11 is 0. The lowest BCUT2D eigenvalue weighted by molar-refractivity contribution is 0.0897. The van der Waals surface area contributed by atoms with E-state index in [1.807, 2.05) is 0 Å². The first-order valence-corrected chi connectivity index (χ1v) is 10.1. The van der Waals surface area contributed by atoms with Crippen LogP contribution in [-0.2, 0) is 6.42 Å². The van der Waals surface area contributed by atoms with Crippen LogP contribution in [0.1, 0.15) is 53.4 Å². The number of nitrogens with one attached hydrogen (secondary N) is 1. The molecule has 0 unspecified atom stereocenters. The largest absolute Gasteiger partial charge is 0.459 e. The van der Waals surface area contributed by atoms with Crippen molar-refractivity contribution in [2.45, 2.75) is 38.1 Å². The lowest BCUT2D eigenvalue weighted by Gasteiger charge is -2.36. The van der Waals surface area contributed by atoms with E-state index in [0.29, 0.717) is 12.3 Å². The van der Waals surface area contributed by atoms with E-state index >= 15 is 0 Å². The average molecular weight is 367 g/mol. The van der Waals surface area contributed by atoms with Gasteiger partial charge in [0.25, 0.3) is 5.91 Å². The van der Waals surface area contributed by atoms with Crippen LogP contribution in [0.15, 0.2) is 41.0 Å². The Morgan fingerprint density at radius 1 is 1.15 bits per heavy atom. The van der Waals surface area contributed by atoms with Crippen molar-refractivity contribution in [1.82, 2.24) is 10.2 Å². The van der Waals surface area contributed by atoms with Crippen molar-refractivity contribution >= 4 is 11.6 Å². The molecule has 1 aromatic heterocycles. The number of carbonyl (C=O) groups is 1. The molecule has 4 rings (SSSR count). The molecule has 2 aliphatic heterocycles. The number of carbonyl (C=O) groups excluding carboxylic acids is 1. The summed E-state index contributed by atoms with van der Waals surface area (Å²) in [6.45, 7) is 3.92. The molecule has 27 heavy (non-hydrogen) atoms. The van der Waals surface area contributed by atoms with Gasteiger partial charge in [-0.15, -0.1) is 0 Å². The number of fused-ring (bicyclic) bond motifs is 1. The number of aryl methyl sites for hydroxylation is 1. The van der Waals surface area contributed by atoms with Gasteiger partial charge in [-0.2, -0.15) is 0 Å². The van der Waals surface area contributed by atoms with Crippen molar-refractivity contribution in [1.29, 1.82) is 0 Å². The first-order valence-electron chi connectivity index (χ1n) is 10.1. The Kier molecular flexibility index (Phi) is 5.48. The number of amides is 1. The molecule has 0 bridgehead atoms. The van der Waals surface area contributed by atoms with Crippen LogP contribution < -0.4 is 10.2 Å². The highest BCUT2D eigenvalue weighted by molar-refractivity contribution is 5.91. The summed E-state index contributed by atoms with van der Waals surface area (Å²) < 4.78 is 5.23. The van der Waals surface area contributed by atoms with Gasteiger partial charge in [0, 0.05) is 25.8 Å². The fraction of sp³-hybridized carbons (Fsp3) is 0.500. The van der Waals surface area contributed by atoms with Crippen molar-refractivity contribution in [3.8, 4) is 0 Å². The Hall–Kier alpha value is -2.27. The summed E-state index contributed by atoms with van der Waals surface area (Å²) in [5.74, 6) is 0.235. The zero-order chi connectivity index (χ0) is 18.6. The number of hydrogen-bond donors (Lipinski definition) is 1. The SMILES string of the molecule is CN1CCCc2cc([C@@H](CNC(=O)c3ccco3)N3CCCCC3)ccc21. The van der Waals surface area contributed by atoms with Gasteiger partial charge in [-0.1, -0.05) is 18.6 Å². The standard InChI is InChI=1S/C22H29N3O2/c1-24-11-5-7-17-15-18(9-10-19(17)24)20(25-12-3-2-4-13-25)16-23-22(26)21-8-6-14-27-21/h6,8-10,14-15,20H,2-5,7,11-13,16H2,1H3,(H,23,26)/t20-/m1/s1. The van der Waals surface area contributed by atoms with E-state index in [2.05, 4.69) is 40.4 Å². The van der Waals surface area contributed by atoms with Crippen molar-refractivity contribution < 1.29 is 9.21 Å². The Morgan fingerprint density at radius 2 is 2.00 bits per heavy atom. The van der Waals surface area contributed by atoms with Gasteiger partial charge in [-0.3, -0.25) is 9.69 Å². The Morgan fingerprint density at radius 3 is 2.78 bits per heavy atom. The normalized spacial score (nSPS) is 18.8. The monoisotopic (exact) mass is 367 g/mol. The summed E-state index contributed by atoms with van der Waals surface area (Å²) in [4.78, 5) is 17.2. The number of likely N-dealkylation sites (tertiary alicyclic amines) is 1. The van der Waals surface area contributed by atoms with E-state index in [4.69, 9.17) is 4.42 Å². The number of nitrogens with zero attached hydrogens (tertiary/aromatic N) is 2. The molecular formula is C22H29N3O2. The lowest BCUT2D eigenvalue weighted by Crippen LogP contribution is -2.40. The van der Waals surface area contributed by atoms with E-state index in [1.165, 1.54) is 48.8 Å². The highest BCUT2D eigenvalue weighted by Crippen LogP contribution is 2.31. The summed E-state index contributed by atoms with van der Waals surface area (Å²) in [7, 11) is 2.17. The van der Waals surface area contributed by atoms with Crippen molar-refractivity contribution in [3.63, 3.8) is 0 Å². The molecule has 1 amide bonds. The van der Waals surface area contributed by atoms with Crippen LogP contribution >= 0.6 is 0 Å². The molecule has 2 aromatic rings. The first-order chi connectivity index (χ1) is 13.2. The van der Waals surface area contributed by atoms with Crippen molar-refractivity contribution in [3.05, 3.63) is 53.5 Å². The zero-order valence-electron chi connectivity index (χ0n) is 16.1. The second kappa shape index (κ2) is 8.17. The van der Waals surface area contributed by atoms with E-state index in [0.717, 1.165) is 26.1 Å². The predicted octanol–water partition coefficient (Wildman–Crippen LogP) is 3.62. The second-order valence-corrected chi connectivity index (χ2v) is 7.71. The van der Waals surface area contributed by atoms with Crippen LogP contribution in [0.25, 0.3) is 0 Å². The molecule has 1 atom stereocenters. The molecule has 3 heterocycles. The molecule has 0 aliphatic carbocycles. The van der Waals surface area contributed by atoms with E-state index in [9.17, 15) is 4.79 Å². The minimum Gasteiger partial charge on any atom is -0.459 e. The van der Waals surface area contributed by atoms with Crippen molar-refractivity contribution in [2.75, 3.05) is 38.1 Å². The summed E-state index contributed by atoms with van der Waals surface area (Å²) in [6, 6.07) is 10.5. The number of benzene rings is 1. The van der Waals surface area contributed by atoms with Gasteiger partial charge in [-0.25, -0.2) is 0 Å². The molecule has 2 aliphatic rings. The van der Waals surface area contributed by atoms with Gasteiger partial charge in [-0.05, 0) is 68.1 Å². The van der Waals surface area contributed by atoms with Gasteiger partial charge in [0.2, 0.25) is 0 Å². The third kappa shape index (κ3) is 4.03.